The van der Waals surface area contributed by atoms with Crippen LogP contribution in [0, 0.1) is 6.92 Å². The fourth-order valence-electron chi connectivity index (χ4n) is 4.26. The number of amides is 2. The SMILES string of the molecule is Cc1cnc(-c2cc(OC[C@H]3CCCN3C(=O)OC(C)(C)C)cc(C(=O)N[C@H](C)c3cnc(C(F)(F)F)nc3)c2)s1. The Labute approximate surface area is 240 Å². The van der Waals surface area contributed by atoms with Crippen molar-refractivity contribution in [2.75, 3.05) is 13.2 Å². The molecule has 2 amide bonds. The molecule has 0 bridgehead atoms. The number of aryl methyl sites for hydroxylation is 1. The first-order valence-electron chi connectivity index (χ1n) is 13.1. The van der Waals surface area contributed by atoms with E-state index in [0.29, 0.717) is 28.4 Å². The summed E-state index contributed by atoms with van der Waals surface area (Å²) >= 11 is 1.46. The van der Waals surface area contributed by atoms with Crippen LogP contribution < -0.4 is 10.1 Å². The predicted octanol–water partition coefficient (Wildman–Crippen LogP) is 6.20. The second-order valence-corrected chi connectivity index (χ2v) is 12.1. The summed E-state index contributed by atoms with van der Waals surface area (Å²) < 4.78 is 50.1. The van der Waals surface area contributed by atoms with E-state index in [1.54, 1.807) is 36.2 Å². The molecular weight excluding hydrogens is 559 g/mol. The van der Waals surface area contributed by atoms with Crippen molar-refractivity contribution in [3.05, 3.63) is 58.6 Å². The Hall–Kier alpha value is -3.74. The molecule has 0 aliphatic carbocycles. The number of ether oxygens (including phenoxy) is 2. The zero-order valence-corrected chi connectivity index (χ0v) is 24.2. The molecule has 1 N–H and O–H groups in total. The summed E-state index contributed by atoms with van der Waals surface area (Å²) in [5, 5.41) is 3.48. The predicted molar refractivity (Wildman–Crippen MR) is 147 cm³/mol. The van der Waals surface area contributed by atoms with Crippen molar-refractivity contribution in [2.24, 2.45) is 0 Å². The smallest absolute Gasteiger partial charge is 0.451 e. The van der Waals surface area contributed by atoms with E-state index in [0.717, 1.165) is 30.1 Å². The van der Waals surface area contributed by atoms with Gasteiger partial charge in [0.2, 0.25) is 5.82 Å². The first kappa shape index (κ1) is 30.2. The Morgan fingerprint density at radius 2 is 1.83 bits per heavy atom. The molecule has 1 aliphatic heterocycles. The number of nitrogens with one attached hydrogen (secondary N) is 1. The van der Waals surface area contributed by atoms with E-state index in [2.05, 4.69) is 20.3 Å². The van der Waals surface area contributed by atoms with Gasteiger partial charge >= 0.3 is 12.3 Å². The van der Waals surface area contributed by atoms with Crippen molar-refractivity contribution in [3.63, 3.8) is 0 Å². The molecule has 3 heterocycles. The Bertz CT molecular complexity index is 1390. The van der Waals surface area contributed by atoms with E-state index in [1.165, 1.54) is 11.3 Å². The Kier molecular flexibility index (Phi) is 8.86. The highest BCUT2D eigenvalue weighted by Gasteiger charge is 2.35. The fraction of sp³-hybridized carbons (Fsp3) is 0.464. The van der Waals surface area contributed by atoms with Crippen molar-refractivity contribution in [1.29, 1.82) is 0 Å². The van der Waals surface area contributed by atoms with E-state index >= 15 is 0 Å². The summed E-state index contributed by atoms with van der Waals surface area (Å²) in [6.07, 6.45) is 0.354. The Morgan fingerprint density at radius 1 is 1.12 bits per heavy atom. The minimum Gasteiger partial charge on any atom is -0.491 e. The van der Waals surface area contributed by atoms with Crippen LogP contribution in [-0.2, 0) is 10.9 Å². The number of benzene rings is 1. The van der Waals surface area contributed by atoms with Gasteiger partial charge in [-0.3, -0.25) is 4.79 Å². The number of likely N-dealkylation sites (tertiary alicyclic amines) is 1. The van der Waals surface area contributed by atoms with Gasteiger partial charge in [0.1, 0.15) is 23.0 Å². The van der Waals surface area contributed by atoms with E-state index < -0.39 is 35.6 Å². The number of carbonyl (C=O) groups is 2. The minimum atomic E-state index is -4.65. The number of carbonyl (C=O) groups excluding carboxylic acids is 2. The van der Waals surface area contributed by atoms with Gasteiger partial charge in [-0.05, 0) is 65.7 Å². The van der Waals surface area contributed by atoms with Crippen molar-refractivity contribution >= 4 is 23.3 Å². The Morgan fingerprint density at radius 3 is 2.44 bits per heavy atom. The summed E-state index contributed by atoms with van der Waals surface area (Å²) in [5.41, 5.74) is 0.655. The molecule has 1 aromatic carbocycles. The molecule has 13 heteroatoms. The van der Waals surface area contributed by atoms with E-state index in [9.17, 15) is 22.8 Å². The minimum absolute atomic E-state index is 0.187. The maximum Gasteiger partial charge on any atom is 0.451 e. The first-order valence-corrected chi connectivity index (χ1v) is 13.9. The summed E-state index contributed by atoms with van der Waals surface area (Å²) in [5.74, 6) is -1.30. The van der Waals surface area contributed by atoms with Gasteiger partial charge in [-0.1, -0.05) is 0 Å². The molecule has 4 rings (SSSR count). The number of hydrogen-bond acceptors (Lipinski definition) is 8. The lowest BCUT2D eigenvalue weighted by molar-refractivity contribution is -0.145. The molecule has 1 aliphatic rings. The van der Waals surface area contributed by atoms with Gasteiger partial charge in [-0.15, -0.1) is 11.3 Å². The van der Waals surface area contributed by atoms with Gasteiger partial charge in [0, 0.05) is 46.7 Å². The Balaban J connectivity index is 1.52. The molecule has 41 heavy (non-hydrogen) atoms. The van der Waals surface area contributed by atoms with E-state index in [4.69, 9.17) is 9.47 Å². The van der Waals surface area contributed by atoms with Crippen LogP contribution in [0.4, 0.5) is 18.0 Å². The molecule has 0 unspecified atom stereocenters. The standard InChI is InChI=1S/C28H32F3N5O4S/c1-16-12-32-24(41-16)19-9-18(23(37)35-17(2)20-13-33-25(34-14-20)28(29,30)31)10-22(11-19)39-15-21-7-6-8-36(21)26(38)40-27(3,4)5/h9-14,17,21H,6-8,15H2,1-5H3,(H,35,37)/t17-,21-/m1/s1. The lowest BCUT2D eigenvalue weighted by atomic mass is 10.1. The maximum atomic E-state index is 13.3. The van der Waals surface area contributed by atoms with Crippen molar-refractivity contribution in [1.82, 2.24) is 25.2 Å². The molecular formula is C28H32F3N5O4S. The molecule has 3 aromatic rings. The van der Waals surface area contributed by atoms with Crippen LogP contribution in [0.2, 0.25) is 0 Å². The number of thiazole rings is 1. The highest BCUT2D eigenvalue weighted by Crippen LogP contribution is 2.31. The van der Waals surface area contributed by atoms with Gasteiger partial charge in [0.15, 0.2) is 0 Å². The second-order valence-electron chi connectivity index (χ2n) is 10.8. The summed E-state index contributed by atoms with van der Waals surface area (Å²) in [6, 6.07) is 4.20. The molecule has 2 atom stereocenters. The van der Waals surface area contributed by atoms with Gasteiger partial charge in [0.25, 0.3) is 5.91 Å². The third kappa shape index (κ3) is 7.93. The molecule has 220 valence electrons. The second kappa shape index (κ2) is 12.0. The van der Waals surface area contributed by atoms with Crippen molar-refractivity contribution in [3.8, 4) is 16.3 Å². The number of halogens is 3. The summed E-state index contributed by atoms with van der Waals surface area (Å²) in [4.78, 5) is 39.8. The van der Waals surface area contributed by atoms with Gasteiger partial charge in [-0.2, -0.15) is 13.2 Å². The van der Waals surface area contributed by atoms with Crippen LogP contribution in [0.1, 0.15) is 73.2 Å². The molecule has 2 aromatic heterocycles. The largest absolute Gasteiger partial charge is 0.491 e. The van der Waals surface area contributed by atoms with Crippen LogP contribution in [0.15, 0.2) is 36.8 Å². The quantitative estimate of drug-likeness (QED) is 0.349. The van der Waals surface area contributed by atoms with Crippen molar-refractivity contribution in [2.45, 2.75) is 71.3 Å². The number of rotatable bonds is 7. The van der Waals surface area contributed by atoms with Gasteiger partial charge in [-0.25, -0.2) is 19.7 Å². The highest BCUT2D eigenvalue weighted by atomic mass is 32.1. The molecule has 0 radical (unpaired) electrons. The lowest BCUT2D eigenvalue weighted by Crippen LogP contribution is -2.42. The van der Waals surface area contributed by atoms with Gasteiger partial charge in [0.05, 0.1) is 12.1 Å². The third-order valence-electron chi connectivity index (χ3n) is 6.26. The number of hydrogen-bond donors (Lipinski definition) is 1. The topological polar surface area (TPSA) is 107 Å². The number of alkyl halides is 3. The molecule has 0 spiro atoms. The molecule has 1 saturated heterocycles. The van der Waals surface area contributed by atoms with Crippen LogP contribution in [0.5, 0.6) is 5.75 Å². The molecule has 9 nitrogen and oxygen atoms in total. The van der Waals surface area contributed by atoms with E-state index in [-0.39, 0.29) is 18.2 Å². The average Bonchev–Trinajstić information content (AvgIpc) is 3.55. The zero-order chi connectivity index (χ0) is 29.9. The summed E-state index contributed by atoms with van der Waals surface area (Å²) in [6.45, 7) is 9.78. The highest BCUT2D eigenvalue weighted by molar-refractivity contribution is 7.14. The van der Waals surface area contributed by atoms with Crippen LogP contribution in [0.3, 0.4) is 0 Å². The van der Waals surface area contributed by atoms with Crippen LogP contribution in [-0.4, -0.2) is 56.6 Å². The number of aromatic nitrogens is 3. The lowest BCUT2D eigenvalue weighted by Gasteiger charge is -2.28. The maximum absolute atomic E-state index is 13.3. The first-order chi connectivity index (χ1) is 19.2. The van der Waals surface area contributed by atoms with E-state index in [1.807, 2.05) is 27.7 Å². The van der Waals surface area contributed by atoms with Gasteiger partial charge < -0.3 is 19.7 Å². The van der Waals surface area contributed by atoms with Crippen molar-refractivity contribution < 1.29 is 32.2 Å². The third-order valence-corrected chi connectivity index (χ3v) is 7.22. The fourth-order valence-corrected chi connectivity index (χ4v) is 5.01. The monoisotopic (exact) mass is 591 g/mol. The zero-order valence-electron chi connectivity index (χ0n) is 23.4. The normalized spacial score (nSPS) is 16.4. The molecule has 1 fully saturated rings. The summed E-state index contributed by atoms with van der Waals surface area (Å²) in [7, 11) is 0. The van der Waals surface area contributed by atoms with Crippen LogP contribution in [0.25, 0.3) is 10.6 Å². The average molecular weight is 592 g/mol. The number of nitrogens with zero attached hydrogens (tertiary/aromatic N) is 4. The molecule has 0 saturated carbocycles. The van der Waals surface area contributed by atoms with Crippen LogP contribution >= 0.6 is 11.3 Å².